The Bertz CT molecular complexity index is 1560. The molecule has 0 amide bonds. The van der Waals surface area contributed by atoms with Crippen LogP contribution in [0.15, 0.2) is 60.8 Å². The van der Waals surface area contributed by atoms with Gasteiger partial charge in [0.25, 0.3) is 0 Å². The van der Waals surface area contributed by atoms with Gasteiger partial charge < -0.3 is 34.1 Å². The van der Waals surface area contributed by atoms with Gasteiger partial charge in [0.2, 0.25) is 0 Å². The van der Waals surface area contributed by atoms with Crippen molar-refractivity contribution in [1.29, 1.82) is 0 Å². The zero-order valence-electron chi connectivity index (χ0n) is 24.4. The molecule has 41 heavy (non-hydrogen) atoms. The number of aromatic nitrogens is 2. The number of aromatic amines is 1. The lowest BCUT2D eigenvalue weighted by atomic mass is 10.1. The molecule has 6 rings (SSSR count). The van der Waals surface area contributed by atoms with Gasteiger partial charge in [0.05, 0.1) is 16.7 Å². The summed E-state index contributed by atoms with van der Waals surface area (Å²) in [6.45, 7) is 7.64. The third kappa shape index (κ3) is 6.30. The smallest absolute Gasteiger partial charge is 0.139 e. The number of pyridine rings is 1. The van der Waals surface area contributed by atoms with E-state index >= 15 is 0 Å². The van der Waals surface area contributed by atoms with Gasteiger partial charge in [-0.15, -0.1) is 0 Å². The normalized spacial score (nSPS) is 19.1. The Morgan fingerprint density at radius 1 is 0.902 bits per heavy atom. The second-order valence-electron chi connectivity index (χ2n) is 11.9. The van der Waals surface area contributed by atoms with E-state index in [0.717, 1.165) is 90.2 Å². The number of likely N-dealkylation sites (tertiary alicyclic amines) is 2. The maximum absolute atomic E-state index is 13.5. The average Bonchev–Trinajstić information content (AvgIpc) is 3.56. The quantitative estimate of drug-likeness (QED) is 0.259. The summed E-state index contributed by atoms with van der Waals surface area (Å²) in [5.41, 5.74) is 4.52. The van der Waals surface area contributed by atoms with Crippen LogP contribution in [0.2, 0.25) is 0 Å². The first-order chi connectivity index (χ1) is 19.7. The number of ether oxygens (including phenoxy) is 2. The van der Waals surface area contributed by atoms with Crippen molar-refractivity contribution in [2.45, 2.75) is 31.5 Å². The molecular formula is C32H40N5O3P. The Balaban J connectivity index is 1.25. The fourth-order valence-corrected chi connectivity index (χ4v) is 7.26. The lowest BCUT2D eigenvalue weighted by Crippen LogP contribution is -2.35. The highest BCUT2D eigenvalue weighted by atomic mass is 31.2. The van der Waals surface area contributed by atoms with Crippen LogP contribution < -0.4 is 20.1 Å². The molecule has 0 bridgehead atoms. The molecule has 216 valence electrons. The molecule has 0 aliphatic carbocycles. The van der Waals surface area contributed by atoms with Crippen LogP contribution in [0.1, 0.15) is 19.3 Å². The van der Waals surface area contributed by atoms with E-state index in [1.165, 1.54) is 0 Å². The molecule has 0 spiro atoms. The molecule has 2 saturated heterocycles. The second kappa shape index (κ2) is 11.5. The minimum absolute atomic E-state index is 0.0987. The monoisotopic (exact) mass is 573 g/mol. The van der Waals surface area contributed by atoms with E-state index in [1.807, 2.05) is 36.4 Å². The molecule has 2 aromatic carbocycles. The van der Waals surface area contributed by atoms with Crippen LogP contribution >= 0.6 is 7.14 Å². The first-order valence-electron chi connectivity index (χ1n) is 14.5. The van der Waals surface area contributed by atoms with Gasteiger partial charge in [-0.2, -0.15) is 0 Å². The maximum Gasteiger partial charge on any atom is 0.139 e. The van der Waals surface area contributed by atoms with Crippen LogP contribution in [-0.4, -0.2) is 85.6 Å². The Morgan fingerprint density at radius 3 is 2.34 bits per heavy atom. The highest BCUT2D eigenvalue weighted by Crippen LogP contribution is 2.43. The number of hydrogen-bond donors (Lipinski definition) is 2. The number of nitrogens with zero attached hydrogens (tertiary/aromatic N) is 3. The van der Waals surface area contributed by atoms with Gasteiger partial charge >= 0.3 is 0 Å². The minimum atomic E-state index is -2.67. The van der Waals surface area contributed by atoms with Crippen LogP contribution in [0.25, 0.3) is 22.3 Å². The third-order valence-electron chi connectivity index (χ3n) is 8.11. The summed E-state index contributed by atoms with van der Waals surface area (Å²) in [7, 11) is 1.60. The lowest BCUT2D eigenvalue weighted by Gasteiger charge is -2.29. The molecule has 2 aromatic heterocycles. The van der Waals surface area contributed by atoms with E-state index in [4.69, 9.17) is 9.47 Å². The van der Waals surface area contributed by atoms with E-state index in [2.05, 4.69) is 57.4 Å². The second-order valence-corrected chi connectivity index (χ2v) is 15.0. The van der Waals surface area contributed by atoms with E-state index in [1.54, 1.807) is 19.5 Å². The fourth-order valence-electron chi connectivity index (χ4n) is 5.89. The summed E-state index contributed by atoms with van der Waals surface area (Å²) < 4.78 is 26.2. The Hall–Kier alpha value is -3.32. The fraction of sp³-hybridized carbons (Fsp3) is 0.406. The van der Waals surface area contributed by atoms with Gasteiger partial charge in [-0.3, -0.25) is 0 Å². The number of piperidine rings is 1. The van der Waals surface area contributed by atoms with Crippen molar-refractivity contribution in [3.05, 3.63) is 60.8 Å². The van der Waals surface area contributed by atoms with Crippen LogP contribution in [0.4, 0.5) is 11.4 Å². The molecule has 4 heterocycles. The number of fused-ring (bicyclic) bond motifs is 1. The van der Waals surface area contributed by atoms with Crippen LogP contribution in [0, 0.1) is 0 Å². The topological polar surface area (TPSA) is 82.7 Å². The summed E-state index contributed by atoms with van der Waals surface area (Å²) in [5.74, 6) is 1.61. The van der Waals surface area contributed by atoms with Gasteiger partial charge in [0.1, 0.15) is 36.5 Å². The van der Waals surface area contributed by atoms with Gasteiger partial charge in [-0.1, -0.05) is 6.07 Å². The van der Waals surface area contributed by atoms with Crippen LogP contribution in [-0.2, 0) is 4.57 Å². The highest BCUT2D eigenvalue weighted by Gasteiger charge is 2.27. The molecular weight excluding hydrogens is 533 g/mol. The number of rotatable bonds is 8. The number of likely N-dealkylation sites (N-methyl/N-ethyl adjacent to an activating group) is 1. The van der Waals surface area contributed by atoms with E-state index in [9.17, 15) is 4.57 Å². The summed E-state index contributed by atoms with van der Waals surface area (Å²) in [6, 6.07) is 18.2. The van der Waals surface area contributed by atoms with Crippen LogP contribution in [0.3, 0.4) is 0 Å². The Kier molecular flexibility index (Phi) is 7.82. The summed E-state index contributed by atoms with van der Waals surface area (Å²) in [5, 5.41) is 5.28. The van der Waals surface area contributed by atoms with Crippen molar-refractivity contribution in [3.63, 3.8) is 0 Å². The SMILES string of the molecule is CN1CCC(Oc2ccc(-c3cc4c(Nc5cccc(O[C@H]6CCN(C)C6)c5P(C)(C)=O)ccnc4[nH]3)cc2)CC1. The van der Waals surface area contributed by atoms with Gasteiger partial charge in [-0.05, 0) is 101 Å². The predicted molar refractivity (Wildman–Crippen MR) is 168 cm³/mol. The molecule has 0 unspecified atom stereocenters. The summed E-state index contributed by atoms with van der Waals surface area (Å²) in [6.07, 6.45) is 5.24. The molecule has 2 N–H and O–H groups in total. The van der Waals surface area contributed by atoms with Crippen molar-refractivity contribution in [2.75, 3.05) is 58.9 Å². The lowest BCUT2D eigenvalue weighted by molar-refractivity contribution is 0.114. The van der Waals surface area contributed by atoms with Crippen molar-refractivity contribution in [2.24, 2.45) is 0 Å². The van der Waals surface area contributed by atoms with Gasteiger partial charge in [-0.25, -0.2) is 4.98 Å². The molecule has 0 saturated carbocycles. The molecule has 4 aromatic rings. The molecule has 8 nitrogen and oxygen atoms in total. The number of H-pyrrole nitrogens is 1. The van der Waals surface area contributed by atoms with E-state index in [0.29, 0.717) is 5.75 Å². The maximum atomic E-state index is 13.5. The van der Waals surface area contributed by atoms with E-state index in [-0.39, 0.29) is 12.2 Å². The van der Waals surface area contributed by atoms with Crippen molar-refractivity contribution in [1.82, 2.24) is 19.8 Å². The Morgan fingerprint density at radius 2 is 1.63 bits per heavy atom. The van der Waals surface area contributed by atoms with Crippen molar-refractivity contribution < 1.29 is 14.0 Å². The van der Waals surface area contributed by atoms with Gasteiger partial charge in [0, 0.05) is 43.5 Å². The molecule has 2 fully saturated rings. The van der Waals surface area contributed by atoms with Crippen molar-refractivity contribution in [3.8, 4) is 22.8 Å². The molecule has 2 aliphatic rings. The first kappa shape index (κ1) is 27.8. The Labute approximate surface area is 242 Å². The molecule has 0 radical (unpaired) electrons. The third-order valence-corrected chi connectivity index (χ3v) is 9.65. The minimum Gasteiger partial charge on any atom is -0.490 e. The number of anilines is 2. The van der Waals surface area contributed by atoms with Crippen LogP contribution in [0.5, 0.6) is 11.5 Å². The van der Waals surface area contributed by atoms with E-state index < -0.39 is 7.14 Å². The largest absolute Gasteiger partial charge is 0.490 e. The first-order valence-corrected chi connectivity index (χ1v) is 17.1. The highest BCUT2D eigenvalue weighted by molar-refractivity contribution is 7.70. The van der Waals surface area contributed by atoms with Crippen molar-refractivity contribution >= 4 is 34.9 Å². The molecule has 1 atom stereocenters. The summed E-state index contributed by atoms with van der Waals surface area (Å²) >= 11 is 0. The number of hydrogen-bond acceptors (Lipinski definition) is 7. The van der Waals surface area contributed by atoms with Gasteiger partial charge in [0.15, 0.2) is 0 Å². The zero-order chi connectivity index (χ0) is 28.6. The summed E-state index contributed by atoms with van der Waals surface area (Å²) in [4.78, 5) is 12.7. The average molecular weight is 574 g/mol. The zero-order valence-corrected chi connectivity index (χ0v) is 25.3. The molecule has 2 aliphatic heterocycles. The number of nitrogens with one attached hydrogen (secondary N) is 2. The predicted octanol–water partition coefficient (Wildman–Crippen LogP) is 5.78. The molecule has 9 heteroatoms. The number of benzene rings is 2. The standard InChI is InChI=1S/C32H40N5O3P/c1-36-17-13-24(14-18-36)39-23-10-8-22(9-11-23)29-20-26-27(12-16-33-32(26)35-29)34-28-6-5-7-30(31(28)41(3,4)38)40-25-15-19-37(2)21-25/h5-12,16,20,24-25H,13-15,17-19,21H2,1-4H3,(H2,33,34,35)/t25-/m0/s1.